The van der Waals surface area contributed by atoms with Crippen LogP contribution in [0.1, 0.15) is 46.0 Å². The summed E-state index contributed by atoms with van der Waals surface area (Å²) in [5, 5.41) is 4.35. The van der Waals surface area contributed by atoms with E-state index in [0.717, 1.165) is 5.69 Å². The molecule has 21 heavy (non-hydrogen) atoms. The molecule has 6 heteroatoms. The van der Waals surface area contributed by atoms with Gasteiger partial charge in [-0.3, -0.25) is 4.68 Å². The van der Waals surface area contributed by atoms with E-state index in [1.165, 1.54) is 0 Å². The minimum absolute atomic E-state index is 0.0315. The first-order chi connectivity index (χ1) is 9.54. The van der Waals surface area contributed by atoms with Crippen molar-refractivity contribution in [3.8, 4) is 0 Å². The number of hydrogen-bond acceptors (Lipinski definition) is 3. The Hall–Kier alpha value is -0.880. The molecule has 0 spiro atoms. The molecule has 1 fully saturated rings. The molecular weight excluding hydrogens is 286 g/mol. The second-order valence-corrected chi connectivity index (χ2v) is 8.87. The molecule has 0 aliphatic carbocycles. The smallest absolute Gasteiger partial charge is 0.247 e. The normalized spacial score (nSPS) is 22.6. The van der Waals surface area contributed by atoms with Gasteiger partial charge in [-0.2, -0.15) is 9.40 Å². The van der Waals surface area contributed by atoms with Crippen LogP contribution in [0.25, 0.3) is 0 Å². The van der Waals surface area contributed by atoms with E-state index in [0.29, 0.717) is 29.6 Å². The maximum absolute atomic E-state index is 13.1. The second kappa shape index (κ2) is 5.09. The van der Waals surface area contributed by atoms with Gasteiger partial charge < -0.3 is 0 Å². The van der Waals surface area contributed by atoms with Crippen molar-refractivity contribution in [2.75, 3.05) is 6.54 Å². The van der Waals surface area contributed by atoms with E-state index in [1.54, 1.807) is 15.9 Å². The molecule has 0 aromatic carbocycles. The average molecular weight is 313 g/mol. The molecule has 120 valence electrons. The van der Waals surface area contributed by atoms with Gasteiger partial charge in [-0.15, -0.1) is 0 Å². The van der Waals surface area contributed by atoms with Gasteiger partial charge in [0.05, 0.1) is 11.4 Å². The fourth-order valence-corrected chi connectivity index (χ4v) is 6.28. The standard InChI is InChI=1S/C15H27N3O2S/c1-8-17-12(5)13(11(4)16-17)21(19,20)18-9-15(6,7)14(18)10(2)3/h10,14H,8-9H2,1-7H3. The van der Waals surface area contributed by atoms with E-state index in [2.05, 4.69) is 32.8 Å². The van der Waals surface area contributed by atoms with Crippen molar-refractivity contribution in [3.05, 3.63) is 11.4 Å². The van der Waals surface area contributed by atoms with Crippen LogP contribution >= 0.6 is 0 Å². The van der Waals surface area contributed by atoms with Crippen LogP contribution in [0.5, 0.6) is 0 Å². The first-order valence-electron chi connectivity index (χ1n) is 7.60. The van der Waals surface area contributed by atoms with Gasteiger partial charge in [0.1, 0.15) is 4.90 Å². The Morgan fingerprint density at radius 1 is 1.33 bits per heavy atom. The van der Waals surface area contributed by atoms with Gasteiger partial charge in [-0.25, -0.2) is 8.42 Å². The van der Waals surface area contributed by atoms with Gasteiger partial charge in [0.25, 0.3) is 0 Å². The van der Waals surface area contributed by atoms with Gasteiger partial charge in [-0.1, -0.05) is 27.7 Å². The lowest BCUT2D eigenvalue weighted by Crippen LogP contribution is -2.65. The largest absolute Gasteiger partial charge is 0.268 e. The minimum atomic E-state index is -3.47. The zero-order chi connectivity index (χ0) is 16.2. The fourth-order valence-electron chi connectivity index (χ4n) is 3.82. The molecule has 1 unspecified atom stereocenters. The lowest BCUT2D eigenvalue weighted by atomic mass is 9.72. The van der Waals surface area contributed by atoms with Crippen LogP contribution in [-0.4, -0.2) is 35.1 Å². The minimum Gasteiger partial charge on any atom is -0.268 e. The van der Waals surface area contributed by atoms with Crippen molar-refractivity contribution in [1.82, 2.24) is 14.1 Å². The SMILES string of the molecule is CCn1nc(C)c(S(=O)(=O)N2CC(C)(C)C2C(C)C)c1C. The molecular formula is C15H27N3O2S. The Kier molecular flexibility index (Phi) is 4.00. The van der Waals surface area contributed by atoms with Crippen LogP contribution in [0.15, 0.2) is 4.90 Å². The van der Waals surface area contributed by atoms with Crippen LogP contribution in [0.3, 0.4) is 0 Å². The van der Waals surface area contributed by atoms with Gasteiger partial charge in [-0.05, 0) is 32.1 Å². The third-order valence-corrected chi connectivity index (χ3v) is 6.57. The van der Waals surface area contributed by atoms with E-state index < -0.39 is 10.0 Å². The lowest BCUT2D eigenvalue weighted by molar-refractivity contribution is -0.00929. The van der Waals surface area contributed by atoms with Crippen molar-refractivity contribution >= 4 is 10.0 Å². The first-order valence-corrected chi connectivity index (χ1v) is 9.04. The highest BCUT2D eigenvalue weighted by Crippen LogP contribution is 2.45. The summed E-state index contributed by atoms with van der Waals surface area (Å²) in [4.78, 5) is 0.394. The highest BCUT2D eigenvalue weighted by molar-refractivity contribution is 7.89. The van der Waals surface area contributed by atoms with E-state index in [1.807, 2.05) is 13.8 Å². The summed E-state index contributed by atoms with van der Waals surface area (Å²) in [5.74, 6) is 0.297. The highest BCUT2D eigenvalue weighted by atomic mass is 32.2. The van der Waals surface area contributed by atoms with Crippen LogP contribution in [0, 0.1) is 25.2 Å². The van der Waals surface area contributed by atoms with E-state index in [4.69, 9.17) is 0 Å². The molecule has 1 aromatic rings. The van der Waals surface area contributed by atoms with Crippen LogP contribution < -0.4 is 0 Å². The van der Waals surface area contributed by atoms with Gasteiger partial charge in [0, 0.05) is 19.1 Å². The number of rotatable bonds is 4. The number of hydrogen-bond donors (Lipinski definition) is 0. The Bertz CT molecular complexity index is 644. The quantitative estimate of drug-likeness (QED) is 0.858. The summed E-state index contributed by atoms with van der Waals surface area (Å²) in [6, 6.07) is 0.0475. The van der Waals surface area contributed by atoms with Crippen molar-refractivity contribution in [1.29, 1.82) is 0 Å². The maximum atomic E-state index is 13.1. The molecule has 1 aliphatic rings. The Labute approximate surface area is 128 Å². The molecule has 1 atom stereocenters. The molecule has 0 amide bonds. The zero-order valence-corrected chi connectivity index (χ0v) is 15.0. The van der Waals surface area contributed by atoms with Crippen LogP contribution in [0.4, 0.5) is 0 Å². The first kappa shape index (κ1) is 16.5. The highest BCUT2D eigenvalue weighted by Gasteiger charge is 2.53. The Morgan fingerprint density at radius 2 is 1.90 bits per heavy atom. The summed E-state index contributed by atoms with van der Waals surface area (Å²) >= 11 is 0. The van der Waals surface area contributed by atoms with Crippen molar-refractivity contribution in [2.24, 2.45) is 11.3 Å². The zero-order valence-electron chi connectivity index (χ0n) is 14.1. The summed E-state index contributed by atoms with van der Waals surface area (Å²) in [7, 11) is -3.47. The molecule has 2 heterocycles. The third-order valence-electron chi connectivity index (χ3n) is 4.49. The van der Waals surface area contributed by atoms with Gasteiger partial charge in [0.2, 0.25) is 10.0 Å². The Balaban J connectivity index is 2.47. The number of aryl methyl sites for hydroxylation is 2. The number of aromatic nitrogens is 2. The monoisotopic (exact) mass is 313 g/mol. The lowest BCUT2D eigenvalue weighted by Gasteiger charge is -2.55. The van der Waals surface area contributed by atoms with E-state index in [9.17, 15) is 8.42 Å². The van der Waals surface area contributed by atoms with Crippen molar-refractivity contribution < 1.29 is 8.42 Å². The second-order valence-electron chi connectivity index (χ2n) is 7.04. The number of sulfonamides is 1. The Morgan fingerprint density at radius 3 is 2.29 bits per heavy atom. The molecule has 0 saturated carbocycles. The van der Waals surface area contributed by atoms with Crippen LogP contribution in [0.2, 0.25) is 0 Å². The van der Waals surface area contributed by atoms with Gasteiger partial charge >= 0.3 is 0 Å². The topological polar surface area (TPSA) is 55.2 Å². The number of nitrogens with zero attached hydrogens (tertiary/aromatic N) is 3. The molecule has 2 rings (SSSR count). The molecule has 1 saturated heterocycles. The summed E-state index contributed by atoms with van der Waals surface area (Å²) in [5.41, 5.74) is 1.37. The molecule has 1 aliphatic heterocycles. The molecule has 0 bridgehead atoms. The summed E-state index contributed by atoms with van der Waals surface area (Å²) < 4.78 is 29.5. The fraction of sp³-hybridized carbons (Fsp3) is 0.800. The maximum Gasteiger partial charge on any atom is 0.247 e. The van der Waals surface area contributed by atoms with Crippen molar-refractivity contribution in [2.45, 2.75) is 65.9 Å². The summed E-state index contributed by atoms with van der Waals surface area (Å²) in [6.45, 7) is 15.3. The van der Waals surface area contributed by atoms with E-state index >= 15 is 0 Å². The van der Waals surface area contributed by atoms with Crippen molar-refractivity contribution in [3.63, 3.8) is 0 Å². The van der Waals surface area contributed by atoms with Crippen LogP contribution in [-0.2, 0) is 16.6 Å². The average Bonchev–Trinajstić information content (AvgIpc) is 2.61. The molecule has 0 radical (unpaired) electrons. The van der Waals surface area contributed by atoms with E-state index in [-0.39, 0.29) is 11.5 Å². The van der Waals surface area contributed by atoms with Gasteiger partial charge in [0.15, 0.2) is 0 Å². The third kappa shape index (κ3) is 2.42. The molecule has 5 nitrogen and oxygen atoms in total. The molecule has 1 aromatic heterocycles. The summed E-state index contributed by atoms with van der Waals surface area (Å²) in [6.07, 6.45) is 0. The predicted octanol–water partition coefficient (Wildman–Crippen LogP) is 2.57. The molecule has 0 N–H and O–H groups in total. The predicted molar refractivity (Wildman–Crippen MR) is 83.7 cm³/mol.